The zero-order chi connectivity index (χ0) is 15.9. The lowest BCUT2D eigenvalue weighted by Gasteiger charge is -2.35. The molecule has 1 aromatic rings. The van der Waals surface area contributed by atoms with Crippen molar-refractivity contribution in [1.29, 1.82) is 0 Å². The Morgan fingerprint density at radius 3 is 2.86 bits per heavy atom. The first-order valence-corrected chi connectivity index (χ1v) is 9.35. The van der Waals surface area contributed by atoms with Crippen molar-refractivity contribution in [3.05, 3.63) is 34.9 Å². The van der Waals surface area contributed by atoms with Crippen molar-refractivity contribution < 1.29 is 13.2 Å². The van der Waals surface area contributed by atoms with Crippen LogP contribution in [-0.2, 0) is 14.9 Å². The molecule has 1 aliphatic heterocycles. The van der Waals surface area contributed by atoms with Gasteiger partial charge in [0.1, 0.15) is 0 Å². The number of ether oxygens (including phenoxy) is 1. The summed E-state index contributed by atoms with van der Waals surface area (Å²) >= 11 is 5.99. The first kappa shape index (κ1) is 16.2. The largest absolute Gasteiger partial charge is 0.375 e. The van der Waals surface area contributed by atoms with Gasteiger partial charge in [-0.25, -0.2) is 0 Å². The summed E-state index contributed by atoms with van der Waals surface area (Å²) in [5, 5.41) is 0.682. The van der Waals surface area contributed by atoms with Crippen LogP contribution in [0.15, 0.2) is 24.3 Å². The molecule has 1 saturated heterocycles. The molecule has 1 saturated carbocycles. The third-order valence-electron chi connectivity index (χ3n) is 4.23. The van der Waals surface area contributed by atoms with E-state index in [2.05, 4.69) is 4.72 Å². The maximum absolute atomic E-state index is 12.6. The molecule has 2 aliphatic rings. The summed E-state index contributed by atoms with van der Waals surface area (Å²) in [6, 6.07) is 7.42. The van der Waals surface area contributed by atoms with Gasteiger partial charge in [-0.1, -0.05) is 23.7 Å². The van der Waals surface area contributed by atoms with Crippen molar-refractivity contribution in [1.82, 2.24) is 9.03 Å². The van der Waals surface area contributed by atoms with E-state index in [1.165, 1.54) is 4.31 Å². The molecular formula is C15H21ClN2O3S. The van der Waals surface area contributed by atoms with Crippen molar-refractivity contribution >= 4 is 21.8 Å². The van der Waals surface area contributed by atoms with Crippen LogP contribution in [-0.4, -0.2) is 44.1 Å². The molecule has 4 unspecified atom stereocenters. The fraction of sp³-hybridized carbons (Fsp3) is 0.600. The zero-order valence-corrected chi connectivity index (χ0v) is 14.3. The first-order chi connectivity index (χ1) is 10.4. The Labute approximate surface area is 136 Å². The van der Waals surface area contributed by atoms with E-state index in [-0.39, 0.29) is 24.1 Å². The van der Waals surface area contributed by atoms with E-state index in [1.807, 2.05) is 38.1 Å². The van der Waals surface area contributed by atoms with Crippen molar-refractivity contribution in [3.8, 4) is 0 Å². The predicted molar refractivity (Wildman–Crippen MR) is 86.2 cm³/mol. The monoisotopic (exact) mass is 344 g/mol. The Hall–Kier alpha value is -0.660. The molecule has 3 rings (SSSR count). The predicted octanol–water partition coefficient (Wildman–Crippen LogP) is 2.14. The number of halogens is 1. The molecule has 1 N–H and O–H groups in total. The van der Waals surface area contributed by atoms with Crippen LogP contribution in [0, 0.1) is 0 Å². The van der Waals surface area contributed by atoms with Gasteiger partial charge in [-0.2, -0.15) is 17.4 Å². The average Bonchev–Trinajstić information content (AvgIpc) is 3.20. The summed E-state index contributed by atoms with van der Waals surface area (Å²) in [4.78, 5) is 0. The Kier molecular flexibility index (Phi) is 4.49. The number of benzene rings is 1. The molecule has 22 heavy (non-hydrogen) atoms. The summed E-state index contributed by atoms with van der Waals surface area (Å²) in [7, 11) is -3.48. The Morgan fingerprint density at radius 1 is 1.36 bits per heavy atom. The van der Waals surface area contributed by atoms with Crippen molar-refractivity contribution in [2.24, 2.45) is 0 Å². The van der Waals surface area contributed by atoms with E-state index in [0.717, 1.165) is 12.0 Å². The van der Waals surface area contributed by atoms with Gasteiger partial charge in [-0.3, -0.25) is 0 Å². The zero-order valence-electron chi connectivity index (χ0n) is 12.7. The summed E-state index contributed by atoms with van der Waals surface area (Å²) in [6.07, 6.45) is 0.740. The van der Waals surface area contributed by atoms with Crippen LogP contribution >= 0.6 is 11.6 Å². The normalized spacial score (nSPS) is 32.9. The lowest BCUT2D eigenvalue weighted by molar-refractivity contribution is -0.0175. The Balaban J connectivity index is 1.66. The molecule has 7 heteroatoms. The molecule has 4 atom stereocenters. The van der Waals surface area contributed by atoms with Gasteiger partial charge in [0.05, 0.1) is 12.7 Å². The quantitative estimate of drug-likeness (QED) is 0.910. The highest BCUT2D eigenvalue weighted by atomic mass is 35.5. The molecule has 0 spiro atoms. The first-order valence-electron chi connectivity index (χ1n) is 7.53. The molecule has 2 fully saturated rings. The van der Waals surface area contributed by atoms with Gasteiger partial charge >= 0.3 is 0 Å². The van der Waals surface area contributed by atoms with E-state index in [9.17, 15) is 8.42 Å². The average molecular weight is 345 g/mol. The maximum atomic E-state index is 12.6. The van der Waals surface area contributed by atoms with Gasteiger partial charge in [-0.05, 0) is 38.0 Å². The van der Waals surface area contributed by atoms with Gasteiger partial charge in [0.15, 0.2) is 0 Å². The second kappa shape index (κ2) is 6.09. The van der Waals surface area contributed by atoms with Crippen LogP contribution in [0.3, 0.4) is 0 Å². The SMILES string of the molecule is CC1CN(S(=O)(=O)NC2CC2c2cccc(Cl)c2)C(C)CO1. The molecule has 0 radical (unpaired) electrons. The minimum atomic E-state index is -3.48. The molecule has 5 nitrogen and oxygen atoms in total. The minimum absolute atomic E-state index is 0.0474. The summed E-state index contributed by atoms with van der Waals surface area (Å²) < 4.78 is 35.0. The van der Waals surface area contributed by atoms with Gasteiger partial charge in [-0.15, -0.1) is 0 Å². The van der Waals surface area contributed by atoms with Crippen LogP contribution in [0.2, 0.25) is 5.02 Å². The lowest BCUT2D eigenvalue weighted by Crippen LogP contribution is -2.54. The fourth-order valence-corrected chi connectivity index (χ4v) is 4.82. The molecule has 1 aromatic carbocycles. The van der Waals surface area contributed by atoms with Crippen LogP contribution < -0.4 is 4.72 Å². The van der Waals surface area contributed by atoms with E-state index in [1.54, 1.807) is 0 Å². The van der Waals surface area contributed by atoms with E-state index in [0.29, 0.717) is 18.2 Å². The van der Waals surface area contributed by atoms with E-state index < -0.39 is 10.2 Å². The lowest BCUT2D eigenvalue weighted by atomic mass is 10.1. The maximum Gasteiger partial charge on any atom is 0.280 e. The molecule has 0 amide bonds. The topological polar surface area (TPSA) is 58.6 Å². The standard InChI is InChI=1S/C15H21ClN2O3S/c1-10-9-21-11(2)8-18(10)22(19,20)17-15-7-14(15)12-4-3-5-13(16)6-12/h3-6,10-11,14-15,17H,7-9H2,1-2H3. The summed E-state index contributed by atoms with van der Waals surface area (Å²) in [5.74, 6) is 0.210. The highest BCUT2D eigenvalue weighted by Gasteiger charge is 2.43. The Morgan fingerprint density at radius 2 is 2.14 bits per heavy atom. The van der Waals surface area contributed by atoms with Crippen LogP contribution in [0.1, 0.15) is 31.7 Å². The molecule has 1 heterocycles. The molecule has 1 aliphatic carbocycles. The molecule has 0 aromatic heterocycles. The van der Waals surface area contributed by atoms with Gasteiger partial charge in [0.25, 0.3) is 10.2 Å². The minimum Gasteiger partial charge on any atom is -0.375 e. The number of nitrogens with zero attached hydrogens (tertiary/aromatic N) is 1. The number of nitrogens with one attached hydrogen (secondary N) is 1. The second-order valence-corrected chi connectivity index (χ2v) is 8.28. The van der Waals surface area contributed by atoms with E-state index >= 15 is 0 Å². The van der Waals surface area contributed by atoms with Crippen LogP contribution in [0.4, 0.5) is 0 Å². The summed E-state index contributed by atoms with van der Waals surface area (Å²) in [5.41, 5.74) is 1.09. The Bertz CT molecular complexity index is 652. The highest BCUT2D eigenvalue weighted by molar-refractivity contribution is 7.87. The van der Waals surface area contributed by atoms with Gasteiger partial charge in [0.2, 0.25) is 0 Å². The van der Waals surface area contributed by atoms with Crippen LogP contribution in [0.5, 0.6) is 0 Å². The smallest absolute Gasteiger partial charge is 0.280 e. The van der Waals surface area contributed by atoms with Crippen LogP contribution in [0.25, 0.3) is 0 Å². The molecule has 122 valence electrons. The molecular weight excluding hydrogens is 324 g/mol. The van der Waals surface area contributed by atoms with Gasteiger partial charge < -0.3 is 4.74 Å². The number of morpholine rings is 1. The second-order valence-electron chi connectivity index (χ2n) is 6.19. The third-order valence-corrected chi connectivity index (χ3v) is 6.19. The highest BCUT2D eigenvalue weighted by Crippen LogP contribution is 2.42. The number of rotatable bonds is 4. The van der Waals surface area contributed by atoms with E-state index in [4.69, 9.17) is 16.3 Å². The number of hydrogen-bond acceptors (Lipinski definition) is 3. The van der Waals surface area contributed by atoms with Crippen molar-refractivity contribution in [2.45, 2.75) is 44.4 Å². The van der Waals surface area contributed by atoms with Crippen molar-refractivity contribution in [2.75, 3.05) is 13.2 Å². The van der Waals surface area contributed by atoms with Gasteiger partial charge in [0, 0.05) is 29.6 Å². The summed E-state index contributed by atoms with van der Waals surface area (Å²) in [6.45, 7) is 4.59. The number of hydrogen-bond donors (Lipinski definition) is 1. The van der Waals surface area contributed by atoms with Crippen molar-refractivity contribution in [3.63, 3.8) is 0 Å². The molecule has 0 bridgehead atoms. The fourth-order valence-electron chi connectivity index (χ4n) is 2.90. The third kappa shape index (κ3) is 3.46.